The molecular weight excluding hydrogens is 576 g/mol. The lowest BCUT2D eigenvalue weighted by atomic mass is 9.93. The van der Waals surface area contributed by atoms with E-state index in [4.69, 9.17) is 16.3 Å². The number of rotatable bonds is 5. The molecule has 222 valence electrons. The topological polar surface area (TPSA) is 66.0 Å². The first-order chi connectivity index (χ1) is 20.0. The maximum atomic E-state index is 13.7. The van der Waals surface area contributed by atoms with Crippen LogP contribution < -0.4 is 9.64 Å². The monoisotopic (exact) mass is 604 g/mol. The Hall–Kier alpha value is -3.86. The lowest BCUT2D eigenvalue weighted by Crippen LogP contribution is -2.45. The highest BCUT2D eigenvalue weighted by Crippen LogP contribution is 2.35. The van der Waals surface area contributed by atoms with Gasteiger partial charge in [0.15, 0.2) is 0 Å². The quantitative estimate of drug-likeness (QED) is 0.323. The Morgan fingerprint density at radius 2 is 1.64 bits per heavy atom. The smallest absolute Gasteiger partial charge is 0.410 e. The second kappa shape index (κ2) is 12.2. The number of alkyl halides is 3. The molecule has 42 heavy (non-hydrogen) atoms. The van der Waals surface area contributed by atoms with E-state index < -0.39 is 23.7 Å². The zero-order chi connectivity index (χ0) is 30.0. The number of hydrogen-bond donors (Lipinski definition) is 0. The van der Waals surface area contributed by atoms with E-state index in [0.29, 0.717) is 49.9 Å². The van der Waals surface area contributed by atoms with Crippen molar-refractivity contribution >= 4 is 29.4 Å². The SMILES string of the molecule is CN(C(=O)Oc1ccc(F)cc1)[C@@H]1CN(C(=O)C2CCN(c3ccc(C(F)(F)F)cn3)CC2)C[C@H]1c1ccc(Cl)cc1. The molecule has 2 fully saturated rings. The average Bonchev–Trinajstić information content (AvgIpc) is 3.43. The van der Waals surface area contributed by atoms with Crippen LogP contribution in [-0.2, 0) is 11.0 Å². The van der Waals surface area contributed by atoms with Crippen LogP contribution in [0.5, 0.6) is 5.75 Å². The Labute approximate surface area is 245 Å². The molecular formula is C30H29ClF4N4O3. The largest absolute Gasteiger partial charge is 0.417 e. The van der Waals surface area contributed by atoms with Crippen LogP contribution in [0.2, 0.25) is 5.02 Å². The predicted molar refractivity (Wildman–Crippen MR) is 149 cm³/mol. The number of aromatic nitrogens is 1. The Morgan fingerprint density at radius 3 is 2.24 bits per heavy atom. The van der Waals surface area contributed by atoms with Crippen LogP contribution in [-0.4, -0.2) is 66.1 Å². The molecule has 0 radical (unpaired) electrons. The number of hydrogen-bond acceptors (Lipinski definition) is 5. The summed E-state index contributed by atoms with van der Waals surface area (Å²) in [4.78, 5) is 35.8. The lowest BCUT2D eigenvalue weighted by Gasteiger charge is -2.34. The first-order valence-corrected chi connectivity index (χ1v) is 13.9. The Kier molecular flexibility index (Phi) is 8.58. The number of pyridine rings is 1. The normalized spacial score (nSPS) is 19.6. The second-order valence-corrected chi connectivity index (χ2v) is 11.0. The van der Waals surface area contributed by atoms with Crippen LogP contribution in [0.25, 0.3) is 0 Å². The number of carbonyl (C=O) groups excluding carboxylic acids is 2. The van der Waals surface area contributed by atoms with Crippen LogP contribution in [0.3, 0.4) is 0 Å². The van der Waals surface area contributed by atoms with Gasteiger partial charge in [-0.25, -0.2) is 14.2 Å². The molecule has 0 N–H and O–H groups in total. The van der Waals surface area contributed by atoms with Crippen LogP contribution >= 0.6 is 11.6 Å². The maximum absolute atomic E-state index is 13.7. The first-order valence-electron chi connectivity index (χ1n) is 13.5. The Morgan fingerprint density at radius 1 is 0.976 bits per heavy atom. The molecule has 3 heterocycles. The van der Waals surface area contributed by atoms with E-state index in [0.717, 1.165) is 17.8 Å². The van der Waals surface area contributed by atoms with E-state index >= 15 is 0 Å². The molecule has 0 unspecified atom stereocenters. The fraction of sp³-hybridized carbons (Fsp3) is 0.367. The van der Waals surface area contributed by atoms with Gasteiger partial charge in [0.25, 0.3) is 0 Å². The summed E-state index contributed by atoms with van der Waals surface area (Å²) in [6.07, 6.45) is -3.20. The van der Waals surface area contributed by atoms with Gasteiger partial charge >= 0.3 is 12.3 Å². The van der Waals surface area contributed by atoms with Crippen molar-refractivity contribution in [2.24, 2.45) is 5.92 Å². The van der Waals surface area contributed by atoms with E-state index in [9.17, 15) is 27.2 Å². The van der Waals surface area contributed by atoms with Gasteiger partial charge in [-0.1, -0.05) is 23.7 Å². The third-order valence-corrected chi connectivity index (χ3v) is 8.20. The minimum absolute atomic E-state index is 0.0307. The van der Waals surface area contributed by atoms with Gasteiger partial charge in [0.1, 0.15) is 17.4 Å². The molecule has 7 nitrogen and oxygen atoms in total. The number of likely N-dealkylation sites (tertiary alicyclic amines) is 1. The van der Waals surface area contributed by atoms with Crippen LogP contribution in [0.4, 0.5) is 28.2 Å². The standard InChI is InChI=1S/C30H29ClF4N4O3/c1-37(29(41)42-24-9-7-23(32)8-10-24)26-18-39(17-25(26)19-2-5-22(31)6-3-19)28(40)20-12-14-38(15-13-20)27-11-4-21(16-36-27)30(33,34)35/h2-11,16,20,25-26H,12-15,17-18H2,1H3/t25-,26+/m0/s1. The average molecular weight is 605 g/mol. The summed E-state index contributed by atoms with van der Waals surface area (Å²) in [5, 5.41) is 0.569. The summed E-state index contributed by atoms with van der Waals surface area (Å²) in [5.74, 6) is -0.296. The molecule has 0 spiro atoms. The molecule has 3 aromatic rings. The van der Waals surface area contributed by atoms with E-state index in [1.807, 2.05) is 17.0 Å². The van der Waals surface area contributed by atoms with Crippen molar-refractivity contribution in [3.8, 4) is 5.75 Å². The molecule has 0 bridgehead atoms. The number of nitrogens with zero attached hydrogens (tertiary/aromatic N) is 4. The fourth-order valence-electron chi connectivity index (χ4n) is 5.56. The van der Waals surface area contributed by atoms with E-state index in [-0.39, 0.29) is 29.5 Å². The van der Waals surface area contributed by atoms with Gasteiger partial charge in [-0.05, 0) is 66.9 Å². The lowest BCUT2D eigenvalue weighted by molar-refractivity contribution is -0.138. The first kappa shape index (κ1) is 29.6. The van der Waals surface area contributed by atoms with E-state index in [1.54, 1.807) is 24.1 Å². The third-order valence-electron chi connectivity index (χ3n) is 7.95. The number of amides is 2. The number of halogens is 5. The van der Waals surface area contributed by atoms with E-state index in [2.05, 4.69) is 4.98 Å². The molecule has 0 saturated carbocycles. The zero-order valence-corrected chi connectivity index (χ0v) is 23.5. The number of ether oxygens (including phenoxy) is 1. The third kappa shape index (κ3) is 6.61. The Balaban J connectivity index is 1.26. The van der Waals surface area contributed by atoms with Crippen molar-refractivity contribution in [1.82, 2.24) is 14.8 Å². The van der Waals surface area contributed by atoms with Crippen LogP contribution in [0.15, 0.2) is 66.9 Å². The van der Waals surface area contributed by atoms with Gasteiger partial charge in [0.05, 0.1) is 11.6 Å². The molecule has 2 amide bonds. The molecule has 2 atom stereocenters. The molecule has 2 aliphatic heterocycles. The highest BCUT2D eigenvalue weighted by atomic mass is 35.5. The summed E-state index contributed by atoms with van der Waals surface area (Å²) >= 11 is 6.10. The predicted octanol–water partition coefficient (Wildman–Crippen LogP) is 6.23. The number of anilines is 1. The summed E-state index contributed by atoms with van der Waals surface area (Å²) in [6.45, 7) is 1.65. The Bertz CT molecular complexity index is 1400. The molecule has 1 aromatic heterocycles. The molecule has 2 aliphatic rings. The van der Waals surface area contributed by atoms with Crippen LogP contribution in [0, 0.1) is 11.7 Å². The van der Waals surface area contributed by atoms with Crippen molar-refractivity contribution in [2.45, 2.75) is 31.0 Å². The summed E-state index contributed by atoms with van der Waals surface area (Å²) < 4.78 is 57.4. The van der Waals surface area contributed by atoms with Gasteiger partial charge in [0.2, 0.25) is 5.91 Å². The van der Waals surface area contributed by atoms with Crippen molar-refractivity contribution in [2.75, 3.05) is 38.1 Å². The minimum Gasteiger partial charge on any atom is -0.410 e. The molecule has 2 saturated heterocycles. The number of carbonyl (C=O) groups is 2. The van der Waals surface area contributed by atoms with Crippen molar-refractivity contribution in [3.63, 3.8) is 0 Å². The van der Waals surface area contributed by atoms with Gasteiger partial charge in [-0.2, -0.15) is 13.2 Å². The van der Waals surface area contributed by atoms with Gasteiger partial charge < -0.3 is 19.4 Å². The summed E-state index contributed by atoms with van der Waals surface area (Å²) in [7, 11) is 1.61. The van der Waals surface area contributed by atoms with Crippen molar-refractivity contribution < 1.29 is 31.9 Å². The highest BCUT2D eigenvalue weighted by molar-refractivity contribution is 6.30. The van der Waals surface area contributed by atoms with Gasteiger partial charge in [-0.3, -0.25) is 4.79 Å². The summed E-state index contributed by atoms with van der Waals surface area (Å²) in [6, 6.07) is 14.4. The minimum atomic E-state index is -4.45. The van der Waals surface area contributed by atoms with Crippen molar-refractivity contribution in [3.05, 3.63) is 88.8 Å². The van der Waals surface area contributed by atoms with Gasteiger partial charge in [0, 0.05) is 56.3 Å². The second-order valence-electron chi connectivity index (χ2n) is 10.6. The van der Waals surface area contributed by atoms with Crippen LogP contribution in [0.1, 0.15) is 29.9 Å². The van der Waals surface area contributed by atoms with E-state index in [1.165, 1.54) is 35.2 Å². The number of likely N-dealkylation sites (N-methyl/N-ethyl adjacent to an activating group) is 1. The molecule has 5 rings (SSSR count). The molecule has 2 aromatic carbocycles. The number of piperidine rings is 1. The maximum Gasteiger partial charge on any atom is 0.417 e. The zero-order valence-electron chi connectivity index (χ0n) is 22.7. The number of benzene rings is 2. The van der Waals surface area contributed by atoms with Gasteiger partial charge in [-0.15, -0.1) is 0 Å². The molecule has 0 aliphatic carbocycles. The fourth-order valence-corrected chi connectivity index (χ4v) is 5.69. The summed E-state index contributed by atoms with van der Waals surface area (Å²) in [5.41, 5.74) is 0.117. The highest BCUT2D eigenvalue weighted by Gasteiger charge is 2.42. The van der Waals surface area contributed by atoms with Crippen molar-refractivity contribution in [1.29, 1.82) is 0 Å². The molecule has 12 heteroatoms.